The number of ether oxygens (including phenoxy) is 1. The van der Waals surface area contributed by atoms with Crippen molar-refractivity contribution in [2.24, 2.45) is 5.92 Å². The van der Waals surface area contributed by atoms with Crippen LogP contribution in [0.3, 0.4) is 0 Å². The fourth-order valence-electron chi connectivity index (χ4n) is 3.12. The van der Waals surface area contributed by atoms with Crippen LogP contribution in [-0.4, -0.2) is 43.7 Å². The fourth-order valence-corrected chi connectivity index (χ4v) is 3.12. The molecule has 4 nitrogen and oxygen atoms in total. The topological polar surface area (TPSA) is 37.4 Å². The van der Waals surface area contributed by atoms with Crippen LogP contribution >= 0.6 is 0 Å². The van der Waals surface area contributed by atoms with Crippen LogP contribution in [0.2, 0.25) is 0 Å². The number of piperidine rings is 1. The smallest absolute Gasteiger partial charge is 0.213 e. The molecule has 2 heterocycles. The van der Waals surface area contributed by atoms with Gasteiger partial charge in [0.1, 0.15) is 0 Å². The summed E-state index contributed by atoms with van der Waals surface area (Å²) in [6.45, 7) is 5.51. The Morgan fingerprint density at radius 3 is 3.00 bits per heavy atom. The van der Waals surface area contributed by atoms with Crippen molar-refractivity contribution in [3.8, 4) is 5.88 Å². The van der Waals surface area contributed by atoms with Crippen LogP contribution in [-0.2, 0) is 0 Å². The summed E-state index contributed by atoms with van der Waals surface area (Å²) in [5, 5.41) is 3.32. The standard InChI is InChI=1S/C15H25N3O/c1-4-18-10-6-7-12(11-16-2)15(18)13-8-5-9-14(17-13)19-3/h5,8-9,12,15-16H,4,6-7,10-11H2,1-3H3. The molecule has 0 aliphatic carbocycles. The van der Waals surface area contributed by atoms with Crippen LogP contribution < -0.4 is 10.1 Å². The summed E-state index contributed by atoms with van der Waals surface area (Å²) < 4.78 is 5.26. The summed E-state index contributed by atoms with van der Waals surface area (Å²) in [6.07, 6.45) is 2.54. The average molecular weight is 263 g/mol. The number of likely N-dealkylation sites (tertiary alicyclic amines) is 1. The van der Waals surface area contributed by atoms with Crippen LogP contribution in [0.1, 0.15) is 31.5 Å². The quantitative estimate of drug-likeness (QED) is 0.882. The first-order valence-electron chi connectivity index (χ1n) is 7.19. The molecule has 2 atom stereocenters. The van der Waals surface area contributed by atoms with Crippen molar-refractivity contribution in [2.75, 3.05) is 33.8 Å². The van der Waals surface area contributed by atoms with E-state index in [1.807, 2.05) is 19.2 Å². The molecule has 2 unspecified atom stereocenters. The van der Waals surface area contributed by atoms with Crippen molar-refractivity contribution in [2.45, 2.75) is 25.8 Å². The highest BCUT2D eigenvalue weighted by Gasteiger charge is 2.32. The molecular weight excluding hydrogens is 238 g/mol. The number of hydrogen-bond donors (Lipinski definition) is 1. The normalized spacial score (nSPS) is 24.4. The molecule has 0 amide bonds. The second kappa shape index (κ2) is 6.87. The largest absolute Gasteiger partial charge is 0.481 e. The van der Waals surface area contributed by atoms with Gasteiger partial charge < -0.3 is 10.1 Å². The highest BCUT2D eigenvalue weighted by atomic mass is 16.5. The van der Waals surface area contributed by atoms with E-state index in [0.717, 1.165) is 18.8 Å². The molecule has 0 bridgehead atoms. The second-order valence-corrected chi connectivity index (χ2v) is 5.14. The zero-order valence-corrected chi connectivity index (χ0v) is 12.2. The van der Waals surface area contributed by atoms with Crippen molar-refractivity contribution in [1.29, 1.82) is 0 Å². The van der Waals surface area contributed by atoms with Crippen molar-refractivity contribution < 1.29 is 4.74 Å². The average Bonchev–Trinajstić information content (AvgIpc) is 2.47. The van der Waals surface area contributed by atoms with Crippen molar-refractivity contribution in [1.82, 2.24) is 15.2 Å². The van der Waals surface area contributed by atoms with Gasteiger partial charge in [-0.25, -0.2) is 4.98 Å². The first kappa shape index (κ1) is 14.3. The lowest BCUT2D eigenvalue weighted by Crippen LogP contribution is -2.42. The molecule has 4 heteroatoms. The third-order valence-electron chi connectivity index (χ3n) is 3.99. The number of nitrogens with zero attached hydrogens (tertiary/aromatic N) is 2. The van der Waals surface area contributed by atoms with Gasteiger partial charge in [0.2, 0.25) is 5.88 Å². The van der Waals surface area contributed by atoms with Gasteiger partial charge in [-0.1, -0.05) is 13.0 Å². The Morgan fingerprint density at radius 2 is 2.32 bits per heavy atom. The zero-order valence-electron chi connectivity index (χ0n) is 12.2. The lowest BCUT2D eigenvalue weighted by atomic mass is 9.86. The lowest BCUT2D eigenvalue weighted by molar-refractivity contribution is 0.0947. The summed E-state index contributed by atoms with van der Waals surface area (Å²) >= 11 is 0. The molecule has 1 N–H and O–H groups in total. The number of hydrogen-bond acceptors (Lipinski definition) is 4. The Hall–Kier alpha value is -1.13. The van der Waals surface area contributed by atoms with Crippen LogP contribution in [0.4, 0.5) is 0 Å². The number of pyridine rings is 1. The van der Waals surface area contributed by atoms with Crippen LogP contribution in [0, 0.1) is 5.92 Å². The molecule has 1 fully saturated rings. The minimum absolute atomic E-state index is 0.404. The highest BCUT2D eigenvalue weighted by molar-refractivity contribution is 5.19. The Morgan fingerprint density at radius 1 is 1.47 bits per heavy atom. The van der Waals surface area contributed by atoms with E-state index in [-0.39, 0.29) is 0 Å². The molecule has 19 heavy (non-hydrogen) atoms. The Balaban J connectivity index is 2.27. The minimum Gasteiger partial charge on any atom is -0.481 e. The predicted molar refractivity (Wildman–Crippen MR) is 77.4 cm³/mol. The summed E-state index contributed by atoms with van der Waals surface area (Å²) in [7, 11) is 3.70. The number of rotatable bonds is 5. The second-order valence-electron chi connectivity index (χ2n) is 5.14. The van der Waals surface area contributed by atoms with E-state index in [0.29, 0.717) is 17.8 Å². The fraction of sp³-hybridized carbons (Fsp3) is 0.667. The molecule has 1 aromatic rings. The molecular formula is C15H25N3O. The molecule has 1 saturated heterocycles. The maximum atomic E-state index is 5.26. The third-order valence-corrected chi connectivity index (χ3v) is 3.99. The van der Waals surface area contributed by atoms with Gasteiger partial charge in [0, 0.05) is 6.07 Å². The maximum Gasteiger partial charge on any atom is 0.213 e. The van der Waals surface area contributed by atoms with Gasteiger partial charge in [0.25, 0.3) is 0 Å². The summed E-state index contributed by atoms with van der Waals surface area (Å²) in [5.41, 5.74) is 1.14. The lowest BCUT2D eigenvalue weighted by Gasteiger charge is -2.40. The van der Waals surface area contributed by atoms with Crippen molar-refractivity contribution in [3.05, 3.63) is 23.9 Å². The Bertz CT molecular complexity index is 395. The van der Waals surface area contributed by atoms with Gasteiger partial charge in [-0.2, -0.15) is 0 Å². The van der Waals surface area contributed by atoms with E-state index in [1.54, 1.807) is 7.11 Å². The van der Waals surface area contributed by atoms with Gasteiger partial charge >= 0.3 is 0 Å². The minimum atomic E-state index is 0.404. The van der Waals surface area contributed by atoms with Crippen LogP contribution in [0.15, 0.2) is 18.2 Å². The molecule has 2 rings (SSSR count). The maximum absolute atomic E-state index is 5.26. The molecule has 0 radical (unpaired) electrons. The van der Waals surface area contributed by atoms with E-state index in [9.17, 15) is 0 Å². The van der Waals surface area contributed by atoms with E-state index >= 15 is 0 Å². The number of aromatic nitrogens is 1. The zero-order chi connectivity index (χ0) is 13.7. The van der Waals surface area contributed by atoms with Gasteiger partial charge in [0.05, 0.1) is 18.8 Å². The monoisotopic (exact) mass is 263 g/mol. The van der Waals surface area contributed by atoms with Crippen molar-refractivity contribution >= 4 is 0 Å². The first-order chi connectivity index (χ1) is 9.30. The molecule has 1 aliphatic rings. The molecule has 1 aliphatic heterocycles. The SMILES string of the molecule is CCN1CCCC(CNC)C1c1cccc(OC)n1. The third kappa shape index (κ3) is 3.25. The first-order valence-corrected chi connectivity index (χ1v) is 7.19. The summed E-state index contributed by atoms with van der Waals surface area (Å²) in [4.78, 5) is 7.19. The van der Waals surface area contributed by atoms with Gasteiger partial charge in [0.15, 0.2) is 0 Å². The highest BCUT2D eigenvalue weighted by Crippen LogP contribution is 2.35. The van der Waals surface area contributed by atoms with E-state index in [2.05, 4.69) is 28.2 Å². The molecule has 1 aromatic heterocycles. The number of methoxy groups -OCH3 is 1. The van der Waals surface area contributed by atoms with Gasteiger partial charge in [-0.3, -0.25) is 4.90 Å². The van der Waals surface area contributed by atoms with Gasteiger partial charge in [-0.15, -0.1) is 0 Å². The molecule has 106 valence electrons. The molecule has 0 spiro atoms. The predicted octanol–water partition coefficient (Wildman–Crippen LogP) is 2.08. The summed E-state index contributed by atoms with van der Waals surface area (Å²) in [5.74, 6) is 1.33. The van der Waals surface area contributed by atoms with Crippen LogP contribution in [0.25, 0.3) is 0 Å². The molecule has 0 saturated carbocycles. The van der Waals surface area contributed by atoms with Crippen molar-refractivity contribution in [3.63, 3.8) is 0 Å². The van der Waals surface area contributed by atoms with E-state index < -0.39 is 0 Å². The van der Waals surface area contributed by atoms with Crippen LogP contribution in [0.5, 0.6) is 5.88 Å². The number of nitrogens with one attached hydrogen (secondary N) is 1. The van der Waals surface area contributed by atoms with Gasteiger partial charge in [-0.05, 0) is 51.5 Å². The molecule has 0 aromatic carbocycles. The van der Waals surface area contributed by atoms with E-state index in [4.69, 9.17) is 4.74 Å². The van der Waals surface area contributed by atoms with E-state index in [1.165, 1.54) is 19.4 Å². The Labute approximate surface area is 116 Å². The Kier molecular flexibility index (Phi) is 5.16. The summed E-state index contributed by atoms with van der Waals surface area (Å²) in [6, 6.07) is 6.49.